The van der Waals surface area contributed by atoms with E-state index in [2.05, 4.69) is 4.72 Å². The molecule has 0 fully saturated rings. The summed E-state index contributed by atoms with van der Waals surface area (Å²) in [6.45, 7) is 5.61. The van der Waals surface area contributed by atoms with Crippen molar-refractivity contribution in [3.63, 3.8) is 0 Å². The van der Waals surface area contributed by atoms with Crippen LogP contribution in [0.5, 0.6) is 0 Å². The molecule has 2 N–H and O–H groups in total. The van der Waals surface area contributed by atoms with Gasteiger partial charge in [-0.05, 0) is 38.0 Å². The number of benzene rings is 1. The van der Waals surface area contributed by atoms with Gasteiger partial charge in [-0.1, -0.05) is 25.4 Å². The zero-order chi connectivity index (χ0) is 15.6. The molecule has 0 spiro atoms. The number of aromatic carboxylic acids is 1. The monoisotopic (exact) mass is 319 g/mol. The molecular weight excluding hydrogens is 302 g/mol. The molecule has 0 heterocycles. The Morgan fingerprint density at radius 1 is 1.35 bits per heavy atom. The zero-order valence-corrected chi connectivity index (χ0v) is 13.2. The van der Waals surface area contributed by atoms with E-state index in [1.807, 2.05) is 20.8 Å². The predicted molar refractivity (Wildman–Crippen MR) is 77.7 cm³/mol. The molecule has 0 unspecified atom stereocenters. The molecule has 7 heteroatoms. The van der Waals surface area contributed by atoms with Gasteiger partial charge in [0.25, 0.3) is 0 Å². The number of hydrogen-bond donors (Lipinski definition) is 2. The van der Waals surface area contributed by atoms with Gasteiger partial charge in [0.2, 0.25) is 10.0 Å². The predicted octanol–water partition coefficient (Wildman–Crippen LogP) is 2.90. The first-order valence-electron chi connectivity index (χ1n) is 6.22. The van der Waals surface area contributed by atoms with Crippen molar-refractivity contribution in [2.45, 2.75) is 44.0 Å². The summed E-state index contributed by atoms with van der Waals surface area (Å²) in [6, 6.07) is 3.58. The summed E-state index contributed by atoms with van der Waals surface area (Å²) in [5.41, 5.74) is -0.670. The Balaban J connectivity index is 3.17. The summed E-state index contributed by atoms with van der Waals surface area (Å²) in [5.74, 6) is -1.20. The second-order valence-electron chi connectivity index (χ2n) is 4.82. The molecule has 1 aromatic carbocycles. The average Bonchev–Trinajstić information content (AvgIpc) is 2.37. The van der Waals surface area contributed by atoms with Gasteiger partial charge in [0.1, 0.15) is 0 Å². The Morgan fingerprint density at radius 2 is 1.90 bits per heavy atom. The van der Waals surface area contributed by atoms with Crippen LogP contribution in [0.25, 0.3) is 0 Å². The zero-order valence-electron chi connectivity index (χ0n) is 11.6. The molecule has 0 aromatic heterocycles. The summed E-state index contributed by atoms with van der Waals surface area (Å²) in [5, 5.41) is 8.77. The van der Waals surface area contributed by atoms with Gasteiger partial charge >= 0.3 is 5.97 Å². The van der Waals surface area contributed by atoms with E-state index in [0.29, 0.717) is 12.8 Å². The van der Waals surface area contributed by atoms with E-state index in [1.54, 1.807) is 0 Å². The smallest absolute Gasteiger partial charge is 0.337 e. The summed E-state index contributed by atoms with van der Waals surface area (Å²) in [4.78, 5) is 10.8. The van der Waals surface area contributed by atoms with Crippen LogP contribution in [0.2, 0.25) is 5.02 Å². The highest BCUT2D eigenvalue weighted by atomic mass is 35.5. The molecule has 0 atom stereocenters. The van der Waals surface area contributed by atoms with Gasteiger partial charge < -0.3 is 5.11 Å². The number of rotatable bonds is 6. The maximum absolute atomic E-state index is 12.3. The Kier molecular flexibility index (Phi) is 5.18. The van der Waals surface area contributed by atoms with Crippen molar-refractivity contribution in [2.75, 3.05) is 0 Å². The van der Waals surface area contributed by atoms with Gasteiger partial charge in [0, 0.05) is 5.54 Å². The molecule has 1 rings (SSSR count). The SMILES string of the molecule is CCC(C)(CC)NS(=O)(=O)c1ccc(C(=O)O)c(Cl)c1. The lowest BCUT2D eigenvalue weighted by atomic mass is 9.98. The van der Waals surface area contributed by atoms with Crippen LogP contribution in [-0.4, -0.2) is 25.0 Å². The summed E-state index contributed by atoms with van der Waals surface area (Å²) >= 11 is 5.80. The lowest BCUT2D eigenvalue weighted by Crippen LogP contribution is -2.44. The third-order valence-corrected chi connectivity index (χ3v) is 5.37. The minimum absolute atomic E-state index is 0.0411. The van der Waals surface area contributed by atoms with Gasteiger partial charge in [-0.25, -0.2) is 17.9 Å². The van der Waals surface area contributed by atoms with Crippen LogP contribution in [0, 0.1) is 0 Å². The lowest BCUT2D eigenvalue weighted by molar-refractivity contribution is 0.0697. The summed E-state index contributed by atoms with van der Waals surface area (Å²) in [6.07, 6.45) is 1.29. The summed E-state index contributed by atoms with van der Waals surface area (Å²) in [7, 11) is -3.73. The highest BCUT2D eigenvalue weighted by Crippen LogP contribution is 2.23. The van der Waals surface area contributed by atoms with E-state index < -0.39 is 21.5 Å². The van der Waals surface area contributed by atoms with Crippen LogP contribution in [0.4, 0.5) is 0 Å². The van der Waals surface area contributed by atoms with E-state index in [0.717, 1.165) is 6.07 Å². The van der Waals surface area contributed by atoms with Crippen LogP contribution < -0.4 is 4.72 Å². The molecule has 112 valence electrons. The molecule has 0 aliphatic carbocycles. The lowest BCUT2D eigenvalue weighted by Gasteiger charge is -2.27. The second-order valence-corrected chi connectivity index (χ2v) is 6.91. The number of nitrogens with one attached hydrogen (secondary N) is 1. The van der Waals surface area contributed by atoms with Crippen molar-refractivity contribution in [2.24, 2.45) is 0 Å². The topological polar surface area (TPSA) is 83.5 Å². The third kappa shape index (κ3) is 3.71. The third-order valence-electron chi connectivity index (χ3n) is 3.42. The molecule has 0 saturated heterocycles. The number of halogens is 1. The van der Waals surface area contributed by atoms with Crippen molar-refractivity contribution in [3.8, 4) is 0 Å². The molecule has 0 aliphatic rings. The van der Waals surface area contributed by atoms with Crippen LogP contribution in [0.3, 0.4) is 0 Å². The Labute approximate surface area is 124 Å². The van der Waals surface area contributed by atoms with Gasteiger partial charge in [-0.15, -0.1) is 0 Å². The number of hydrogen-bond acceptors (Lipinski definition) is 3. The summed E-state index contributed by atoms with van der Waals surface area (Å²) < 4.78 is 27.2. The van der Waals surface area contributed by atoms with E-state index in [9.17, 15) is 13.2 Å². The van der Waals surface area contributed by atoms with E-state index >= 15 is 0 Å². The van der Waals surface area contributed by atoms with Gasteiger partial charge in [-0.2, -0.15) is 0 Å². The molecular formula is C13H18ClNO4S. The first-order valence-corrected chi connectivity index (χ1v) is 8.08. The van der Waals surface area contributed by atoms with Gasteiger partial charge in [-0.3, -0.25) is 0 Å². The number of carboxylic acids is 1. The van der Waals surface area contributed by atoms with Crippen LogP contribution in [0.15, 0.2) is 23.1 Å². The Hall–Kier alpha value is -1.11. The van der Waals surface area contributed by atoms with Crippen molar-refractivity contribution in [1.29, 1.82) is 0 Å². The standard InChI is InChI=1S/C13H18ClNO4S/c1-4-13(3,5-2)15-20(18,19)9-6-7-10(12(16)17)11(14)8-9/h6-8,15H,4-5H2,1-3H3,(H,16,17). The van der Waals surface area contributed by atoms with Crippen molar-refractivity contribution in [1.82, 2.24) is 4.72 Å². The van der Waals surface area contributed by atoms with Gasteiger partial charge in [0.15, 0.2) is 0 Å². The fourth-order valence-corrected chi connectivity index (χ4v) is 3.52. The molecule has 0 bridgehead atoms. The maximum Gasteiger partial charge on any atom is 0.337 e. The molecule has 0 radical (unpaired) electrons. The number of carboxylic acid groups (broad SMARTS) is 1. The van der Waals surface area contributed by atoms with Gasteiger partial charge in [0.05, 0.1) is 15.5 Å². The molecule has 0 amide bonds. The molecule has 20 heavy (non-hydrogen) atoms. The van der Waals surface area contributed by atoms with E-state index in [1.165, 1.54) is 12.1 Å². The molecule has 0 saturated carbocycles. The minimum Gasteiger partial charge on any atom is -0.478 e. The molecule has 5 nitrogen and oxygen atoms in total. The van der Waals surface area contributed by atoms with Crippen LogP contribution in [-0.2, 0) is 10.0 Å². The van der Waals surface area contributed by atoms with Crippen LogP contribution in [0.1, 0.15) is 44.0 Å². The Morgan fingerprint density at radius 3 is 2.30 bits per heavy atom. The second kappa shape index (κ2) is 6.11. The maximum atomic E-state index is 12.3. The minimum atomic E-state index is -3.73. The molecule has 1 aromatic rings. The largest absolute Gasteiger partial charge is 0.478 e. The normalized spacial score (nSPS) is 12.4. The van der Waals surface area contributed by atoms with E-state index in [-0.39, 0.29) is 15.5 Å². The molecule has 0 aliphatic heterocycles. The number of carbonyl (C=O) groups is 1. The fourth-order valence-electron chi connectivity index (χ4n) is 1.61. The van der Waals surface area contributed by atoms with E-state index in [4.69, 9.17) is 16.7 Å². The average molecular weight is 320 g/mol. The van der Waals surface area contributed by atoms with Crippen molar-refractivity contribution >= 4 is 27.6 Å². The first-order chi connectivity index (χ1) is 9.15. The highest BCUT2D eigenvalue weighted by molar-refractivity contribution is 7.89. The quantitative estimate of drug-likeness (QED) is 0.844. The Bertz CT molecular complexity index is 609. The highest BCUT2D eigenvalue weighted by Gasteiger charge is 2.28. The van der Waals surface area contributed by atoms with Crippen LogP contribution >= 0.6 is 11.6 Å². The number of sulfonamides is 1. The van der Waals surface area contributed by atoms with Crippen molar-refractivity contribution < 1.29 is 18.3 Å². The first kappa shape index (κ1) is 16.9. The fraction of sp³-hybridized carbons (Fsp3) is 0.462. The van der Waals surface area contributed by atoms with Crippen molar-refractivity contribution in [3.05, 3.63) is 28.8 Å².